The second-order valence-electron chi connectivity index (χ2n) is 8.30. The van der Waals surface area contributed by atoms with Crippen LogP contribution >= 0.6 is 0 Å². The highest BCUT2D eigenvalue weighted by Gasteiger charge is 2.33. The van der Waals surface area contributed by atoms with Crippen LogP contribution in [0.1, 0.15) is 58.0 Å². The standard InChI is InChI=1S/C25H34F3N7/c1-7-16(3)12-32-23-20(10-9-11-31-23)21(29)24-33-13-19(14-34-24)18(5)22(17(4)8-2)35(30-6)15-25(26,27)28/h7,9-11,13-14,17,29-30H,8,12,15H2,1-6H3,(H,31,32)/b16-7+,22-18+,29-21?. The third-order valence-corrected chi connectivity index (χ3v) is 5.77. The lowest BCUT2D eigenvalue weighted by molar-refractivity contribution is -0.147. The van der Waals surface area contributed by atoms with E-state index in [-0.39, 0.29) is 17.5 Å². The van der Waals surface area contributed by atoms with E-state index in [9.17, 15) is 13.2 Å². The number of aromatic nitrogens is 3. The summed E-state index contributed by atoms with van der Waals surface area (Å²) in [6, 6.07) is 3.51. The molecule has 1 unspecified atom stereocenters. The van der Waals surface area contributed by atoms with Crippen molar-refractivity contribution >= 4 is 17.1 Å². The third-order valence-electron chi connectivity index (χ3n) is 5.77. The normalized spacial score (nSPS) is 13.8. The molecule has 0 aromatic carbocycles. The number of hydrogen-bond donors (Lipinski definition) is 3. The molecule has 0 aliphatic rings. The Balaban J connectivity index is 2.39. The molecular weight excluding hydrogens is 455 g/mol. The van der Waals surface area contributed by atoms with Gasteiger partial charge in [0, 0.05) is 49.0 Å². The van der Waals surface area contributed by atoms with Crippen LogP contribution in [0.4, 0.5) is 19.0 Å². The van der Waals surface area contributed by atoms with Gasteiger partial charge in [-0.1, -0.05) is 25.5 Å². The van der Waals surface area contributed by atoms with E-state index in [0.29, 0.717) is 41.2 Å². The first kappa shape index (κ1) is 28.0. The zero-order valence-corrected chi connectivity index (χ0v) is 21.1. The number of allylic oxidation sites excluding steroid dienone is 3. The second kappa shape index (κ2) is 12.4. The lowest BCUT2D eigenvalue weighted by atomic mass is 9.97. The molecule has 10 heteroatoms. The first-order valence-corrected chi connectivity index (χ1v) is 11.5. The molecular formula is C25H34F3N7. The molecule has 2 rings (SSSR count). The molecule has 0 aliphatic heterocycles. The molecule has 0 radical (unpaired) electrons. The second-order valence-corrected chi connectivity index (χ2v) is 8.30. The van der Waals surface area contributed by atoms with Crippen LogP contribution in [0.2, 0.25) is 0 Å². The van der Waals surface area contributed by atoms with Crippen LogP contribution in [0.5, 0.6) is 0 Å². The maximum absolute atomic E-state index is 13.2. The van der Waals surface area contributed by atoms with Gasteiger partial charge in [-0.15, -0.1) is 0 Å². The molecule has 7 nitrogen and oxygen atoms in total. The van der Waals surface area contributed by atoms with Crippen molar-refractivity contribution in [3.8, 4) is 0 Å². The Morgan fingerprint density at radius 2 is 1.86 bits per heavy atom. The Bertz CT molecular complexity index is 1060. The summed E-state index contributed by atoms with van der Waals surface area (Å²) in [6.45, 7) is 9.00. The van der Waals surface area contributed by atoms with E-state index < -0.39 is 12.7 Å². The van der Waals surface area contributed by atoms with Gasteiger partial charge in [-0.3, -0.25) is 5.41 Å². The first-order valence-electron chi connectivity index (χ1n) is 11.5. The molecule has 0 spiro atoms. The van der Waals surface area contributed by atoms with Crippen molar-refractivity contribution in [3.05, 3.63) is 65.0 Å². The van der Waals surface area contributed by atoms with Crippen molar-refractivity contribution in [3.63, 3.8) is 0 Å². The van der Waals surface area contributed by atoms with E-state index in [4.69, 9.17) is 5.41 Å². The van der Waals surface area contributed by atoms with Crippen molar-refractivity contribution in [1.29, 1.82) is 5.41 Å². The SMILES string of the molecule is C/C=C(\C)CNc1ncccc1C(=N)c1ncc(/C(C)=C(\C(C)CC)N(CC(F)(F)F)NC)cn1. The van der Waals surface area contributed by atoms with Gasteiger partial charge in [0.25, 0.3) is 0 Å². The average molecular weight is 490 g/mol. The molecule has 0 fully saturated rings. The highest BCUT2D eigenvalue weighted by atomic mass is 19.4. The molecule has 3 N–H and O–H groups in total. The Labute approximate surface area is 205 Å². The Kier molecular flexibility index (Phi) is 9.94. The van der Waals surface area contributed by atoms with Crippen LogP contribution in [-0.4, -0.2) is 52.0 Å². The largest absolute Gasteiger partial charge is 0.407 e. The van der Waals surface area contributed by atoms with Gasteiger partial charge in [0.2, 0.25) is 0 Å². The molecule has 1 atom stereocenters. The van der Waals surface area contributed by atoms with Crippen LogP contribution in [-0.2, 0) is 0 Å². The van der Waals surface area contributed by atoms with Gasteiger partial charge in [-0.2, -0.15) is 13.2 Å². The maximum atomic E-state index is 13.2. The third kappa shape index (κ3) is 7.61. The average Bonchev–Trinajstić information content (AvgIpc) is 2.85. The molecule has 0 saturated carbocycles. The molecule has 2 aromatic rings. The summed E-state index contributed by atoms with van der Waals surface area (Å²) in [7, 11) is 1.47. The van der Waals surface area contributed by atoms with Crippen LogP contribution < -0.4 is 10.7 Å². The molecule has 35 heavy (non-hydrogen) atoms. The fourth-order valence-electron chi connectivity index (χ4n) is 3.49. The highest BCUT2D eigenvalue weighted by molar-refractivity contribution is 6.11. The quantitative estimate of drug-likeness (QED) is 0.221. The minimum absolute atomic E-state index is 0.1000. The van der Waals surface area contributed by atoms with Crippen molar-refractivity contribution in [2.24, 2.45) is 5.92 Å². The van der Waals surface area contributed by atoms with Crippen molar-refractivity contribution in [2.45, 2.75) is 47.2 Å². The molecule has 0 saturated heterocycles. The summed E-state index contributed by atoms with van der Waals surface area (Å²) in [6.07, 6.45) is 3.03. The van der Waals surface area contributed by atoms with Crippen LogP contribution in [0.3, 0.4) is 0 Å². The lowest BCUT2D eigenvalue weighted by Gasteiger charge is -2.32. The zero-order valence-electron chi connectivity index (χ0n) is 21.1. The van der Waals surface area contributed by atoms with E-state index in [0.717, 1.165) is 10.6 Å². The highest BCUT2D eigenvalue weighted by Crippen LogP contribution is 2.29. The summed E-state index contributed by atoms with van der Waals surface area (Å²) in [4.78, 5) is 13.1. The van der Waals surface area contributed by atoms with Crippen LogP contribution in [0.25, 0.3) is 5.57 Å². The van der Waals surface area contributed by atoms with Gasteiger partial charge < -0.3 is 10.3 Å². The number of rotatable bonds is 11. The minimum Gasteiger partial charge on any atom is -0.366 e. The number of halogens is 3. The lowest BCUT2D eigenvalue weighted by Crippen LogP contribution is -2.43. The van der Waals surface area contributed by atoms with E-state index in [1.165, 1.54) is 7.05 Å². The van der Waals surface area contributed by atoms with E-state index >= 15 is 0 Å². The monoisotopic (exact) mass is 489 g/mol. The Morgan fingerprint density at radius 3 is 2.40 bits per heavy atom. The number of nitrogens with zero attached hydrogens (tertiary/aromatic N) is 4. The Hall–Kier alpha value is -3.27. The smallest absolute Gasteiger partial charge is 0.366 e. The van der Waals surface area contributed by atoms with Crippen LogP contribution in [0, 0.1) is 11.3 Å². The van der Waals surface area contributed by atoms with Gasteiger partial charge in [-0.25, -0.2) is 20.4 Å². The summed E-state index contributed by atoms with van der Waals surface area (Å²) in [5.41, 5.74) is 6.22. The zero-order chi connectivity index (χ0) is 26.2. The molecule has 190 valence electrons. The van der Waals surface area contributed by atoms with Gasteiger partial charge in [0.1, 0.15) is 18.1 Å². The van der Waals surface area contributed by atoms with E-state index in [1.807, 2.05) is 33.8 Å². The van der Waals surface area contributed by atoms with E-state index in [2.05, 4.69) is 25.7 Å². The number of nitrogens with one attached hydrogen (secondary N) is 3. The summed E-state index contributed by atoms with van der Waals surface area (Å²) in [5, 5.41) is 13.0. The van der Waals surface area contributed by atoms with Gasteiger partial charge in [0.15, 0.2) is 5.82 Å². The van der Waals surface area contributed by atoms with Crippen LogP contribution in [0.15, 0.2) is 48.1 Å². The molecule has 0 amide bonds. The number of hydrazine groups is 1. The fraction of sp³-hybridized carbons (Fsp3) is 0.440. The number of pyridine rings is 1. The number of anilines is 1. The van der Waals surface area contributed by atoms with Crippen molar-refractivity contribution in [1.82, 2.24) is 25.4 Å². The van der Waals surface area contributed by atoms with Gasteiger partial charge in [0.05, 0.1) is 0 Å². The summed E-state index contributed by atoms with van der Waals surface area (Å²) >= 11 is 0. The molecule has 2 aromatic heterocycles. The first-order chi connectivity index (χ1) is 16.5. The van der Waals surface area contributed by atoms with Crippen molar-refractivity contribution in [2.75, 3.05) is 25.5 Å². The summed E-state index contributed by atoms with van der Waals surface area (Å²) < 4.78 is 39.5. The summed E-state index contributed by atoms with van der Waals surface area (Å²) in [5.74, 6) is 0.622. The van der Waals surface area contributed by atoms with Gasteiger partial charge >= 0.3 is 6.18 Å². The Morgan fingerprint density at radius 1 is 1.20 bits per heavy atom. The predicted octanol–water partition coefficient (Wildman–Crippen LogP) is 5.44. The predicted molar refractivity (Wildman–Crippen MR) is 134 cm³/mol. The number of alkyl halides is 3. The minimum atomic E-state index is -4.36. The van der Waals surface area contributed by atoms with Gasteiger partial charge in [-0.05, 0) is 50.8 Å². The van der Waals surface area contributed by atoms with E-state index in [1.54, 1.807) is 37.6 Å². The van der Waals surface area contributed by atoms with Crippen molar-refractivity contribution < 1.29 is 13.2 Å². The molecule has 0 bridgehead atoms. The fourth-order valence-corrected chi connectivity index (χ4v) is 3.49. The maximum Gasteiger partial charge on any atom is 0.407 e. The topological polar surface area (TPSA) is 89.8 Å². The molecule has 0 aliphatic carbocycles. The molecule has 2 heterocycles. The number of hydrogen-bond acceptors (Lipinski definition) is 7.